The summed E-state index contributed by atoms with van der Waals surface area (Å²) < 4.78 is 18.6. The number of hydrogen-bond acceptors (Lipinski definition) is 5. The first-order valence-corrected chi connectivity index (χ1v) is 4.86. The van der Waals surface area contributed by atoms with E-state index in [2.05, 4.69) is 9.26 Å². The highest BCUT2D eigenvalue weighted by molar-refractivity contribution is 7.46. The number of carbonyl (C=O) groups excluding carboxylic acids is 1. The number of phosphoric acid groups is 1. The van der Waals surface area contributed by atoms with Gasteiger partial charge in [-0.25, -0.2) is 4.57 Å². The van der Waals surface area contributed by atoms with Crippen molar-refractivity contribution in [3.63, 3.8) is 0 Å². The fourth-order valence-electron chi connectivity index (χ4n) is 0.539. The van der Waals surface area contributed by atoms with E-state index in [0.29, 0.717) is 0 Å². The Balaban J connectivity index is 3.86. The minimum absolute atomic E-state index is 0.541. The smallest absolute Gasteiger partial charge is 0.458 e. The third kappa shape index (κ3) is 7.89. The van der Waals surface area contributed by atoms with Gasteiger partial charge in [0.2, 0.25) is 0 Å². The van der Waals surface area contributed by atoms with Crippen molar-refractivity contribution in [3.8, 4) is 0 Å². The molecule has 0 aromatic heterocycles. The summed E-state index contributed by atoms with van der Waals surface area (Å²) in [5.74, 6) is -0.659. The molecule has 0 aliphatic rings. The summed E-state index contributed by atoms with van der Waals surface area (Å²) in [5, 5.41) is 8.56. The minimum atomic E-state index is -4.58. The SMILES string of the molecule is CC(=O)OC(CO)COP(=O)(O)O. The molecular weight excluding hydrogens is 203 g/mol. The Morgan fingerprint density at radius 2 is 2.08 bits per heavy atom. The van der Waals surface area contributed by atoms with E-state index in [1.165, 1.54) is 0 Å². The van der Waals surface area contributed by atoms with Crippen LogP contribution < -0.4 is 0 Å². The molecule has 3 N–H and O–H groups in total. The molecule has 0 saturated heterocycles. The fraction of sp³-hybridized carbons (Fsp3) is 0.800. The van der Waals surface area contributed by atoms with E-state index in [9.17, 15) is 9.36 Å². The predicted octanol–water partition coefficient (Wildman–Crippen LogP) is -0.980. The predicted molar refractivity (Wildman–Crippen MR) is 40.6 cm³/mol. The van der Waals surface area contributed by atoms with Crippen LogP contribution >= 0.6 is 7.82 Å². The second-order valence-electron chi connectivity index (χ2n) is 2.20. The number of hydrogen-bond donors (Lipinski definition) is 3. The highest BCUT2D eigenvalue weighted by Crippen LogP contribution is 2.35. The molecule has 1 unspecified atom stereocenters. The summed E-state index contributed by atoms with van der Waals surface area (Å²) in [6.07, 6.45) is -1.05. The topological polar surface area (TPSA) is 113 Å². The van der Waals surface area contributed by atoms with E-state index in [4.69, 9.17) is 14.9 Å². The fourth-order valence-corrected chi connectivity index (χ4v) is 0.899. The first-order chi connectivity index (χ1) is 5.85. The molecule has 13 heavy (non-hydrogen) atoms. The molecule has 0 spiro atoms. The van der Waals surface area contributed by atoms with Crippen molar-refractivity contribution < 1.29 is 33.5 Å². The summed E-state index contributed by atoms with van der Waals surface area (Å²) in [7, 11) is -4.58. The van der Waals surface area contributed by atoms with Crippen LogP contribution in [0.4, 0.5) is 0 Å². The van der Waals surface area contributed by atoms with Gasteiger partial charge < -0.3 is 19.6 Å². The number of phosphoric ester groups is 1. The molecule has 0 radical (unpaired) electrons. The van der Waals surface area contributed by atoms with Gasteiger partial charge in [-0.1, -0.05) is 0 Å². The number of rotatable bonds is 5. The van der Waals surface area contributed by atoms with Gasteiger partial charge in [-0.05, 0) is 0 Å². The Labute approximate surface area is 74.5 Å². The molecule has 0 fully saturated rings. The van der Waals surface area contributed by atoms with Crippen LogP contribution in [0.25, 0.3) is 0 Å². The lowest BCUT2D eigenvalue weighted by molar-refractivity contribution is -0.150. The molecule has 0 aromatic carbocycles. The average molecular weight is 214 g/mol. The van der Waals surface area contributed by atoms with E-state index < -0.39 is 33.1 Å². The lowest BCUT2D eigenvalue weighted by Crippen LogP contribution is -2.25. The minimum Gasteiger partial charge on any atom is -0.458 e. The first-order valence-electron chi connectivity index (χ1n) is 3.33. The van der Waals surface area contributed by atoms with Crippen LogP contribution in [0.5, 0.6) is 0 Å². The van der Waals surface area contributed by atoms with Gasteiger partial charge in [0.1, 0.15) is 6.10 Å². The van der Waals surface area contributed by atoms with Gasteiger partial charge in [-0.15, -0.1) is 0 Å². The van der Waals surface area contributed by atoms with Gasteiger partial charge in [0.15, 0.2) is 0 Å². The molecule has 0 amide bonds. The van der Waals surface area contributed by atoms with Crippen molar-refractivity contribution in [2.24, 2.45) is 0 Å². The van der Waals surface area contributed by atoms with Crippen LogP contribution in [-0.4, -0.2) is 40.2 Å². The quantitative estimate of drug-likeness (QED) is 0.398. The molecule has 78 valence electrons. The van der Waals surface area contributed by atoms with Crippen LogP contribution in [-0.2, 0) is 18.6 Å². The third-order valence-electron chi connectivity index (χ3n) is 0.965. The maximum atomic E-state index is 10.4. The summed E-state index contributed by atoms with van der Waals surface area (Å²) in [5.41, 5.74) is 0. The Morgan fingerprint density at radius 3 is 2.38 bits per heavy atom. The molecule has 8 heteroatoms. The molecule has 0 heterocycles. The number of ether oxygens (including phenoxy) is 1. The van der Waals surface area contributed by atoms with Crippen LogP contribution in [0.15, 0.2) is 0 Å². The zero-order chi connectivity index (χ0) is 10.5. The Morgan fingerprint density at radius 1 is 1.54 bits per heavy atom. The Bertz CT molecular complexity index is 209. The van der Waals surface area contributed by atoms with Gasteiger partial charge in [0.05, 0.1) is 13.2 Å². The van der Waals surface area contributed by atoms with Gasteiger partial charge in [0, 0.05) is 6.92 Å². The van der Waals surface area contributed by atoms with Crippen molar-refractivity contribution in [1.29, 1.82) is 0 Å². The second kappa shape index (κ2) is 5.31. The molecular formula is C5H11O7P. The standard InChI is InChI=1S/C5H11O7P/c1-4(7)12-5(2-6)3-11-13(8,9)10/h5-6H,2-3H2,1H3,(H2,8,9,10). The van der Waals surface area contributed by atoms with E-state index >= 15 is 0 Å². The molecule has 0 bridgehead atoms. The normalized spacial score (nSPS) is 13.8. The van der Waals surface area contributed by atoms with Crippen molar-refractivity contribution in [3.05, 3.63) is 0 Å². The van der Waals surface area contributed by atoms with E-state index in [-0.39, 0.29) is 0 Å². The van der Waals surface area contributed by atoms with Crippen LogP contribution in [0.2, 0.25) is 0 Å². The highest BCUT2D eigenvalue weighted by Gasteiger charge is 2.19. The Kier molecular flexibility index (Phi) is 5.12. The average Bonchev–Trinajstić information content (AvgIpc) is 1.95. The van der Waals surface area contributed by atoms with Crippen molar-refractivity contribution in [2.75, 3.05) is 13.2 Å². The number of aliphatic hydroxyl groups excluding tert-OH is 1. The van der Waals surface area contributed by atoms with Crippen LogP contribution in [0.1, 0.15) is 6.92 Å². The van der Waals surface area contributed by atoms with E-state index in [1.807, 2.05) is 0 Å². The molecule has 0 aliphatic heterocycles. The molecule has 7 nitrogen and oxygen atoms in total. The van der Waals surface area contributed by atoms with E-state index in [1.54, 1.807) is 0 Å². The zero-order valence-electron chi connectivity index (χ0n) is 6.91. The number of carbonyl (C=O) groups is 1. The van der Waals surface area contributed by atoms with Crippen molar-refractivity contribution in [2.45, 2.75) is 13.0 Å². The number of esters is 1. The maximum absolute atomic E-state index is 10.4. The van der Waals surface area contributed by atoms with Crippen LogP contribution in [0.3, 0.4) is 0 Å². The van der Waals surface area contributed by atoms with Crippen molar-refractivity contribution in [1.82, 2.24) is 0 Å². The van der Waals surface area contributed by atoms with Crippen LogP contribution in [0, 0.1) is 0 Å². The lowest BCUT2D eigenvalue weighted by Gasteiger charge is -2.14. The largest absolute Gasteiger partial charge is 0.469 e. The molecule has 0 rings (SSSR count). The zero-order valence-corrected chi connectivity index (χ0v) is 7.81. The molecule has 0 saturated carbocycles. The summed E-state index contributed by atoms with van der Waals surface area (Å²) in [6.45, 7) is 0.0140. The van der Waals surface area contributed by atoms with E-state index in [0.717, 1.165) is 6.92 Å². The number of aliphatic hydroxyl groups is 1. The molecule has 0 aromatic rings. The maximum Gasteiger partial charge on any atom is 0.469 e. The summed E-state index contributed by atoms with van der Waals surface area (Å²) in [4.78, 5) is 26.9. The van der Waals surface area contributed by atoms with Gasteiger partial charge >= 0.3 is 13.8 Å². The summed E-state index contributed by atoms with van der Waals surface area (Å²) in [6, 6.07) is 0. The van der Waals surface area contributed by atoms with Crippen molar-refractivity contribution >= 4 is 13.8 Å². The van der Waals surface area contributed by atoms with Gasteiger partial charge in [0.25, 0.3) is 0 Å². The van der Waals surface area contributed by atoms with Gasteiger partial charge in [-0.2, -0.15) is 0 Å². The lowest BCUT2D eigenvalue weighted by atomic mass is 10.4. The first kappa shape index (κ1) is 12.5. The molecule has 0 aliphatic carbocycles. The van der Waals surface area contributed by atoms with Gasteiger partial charge in [-0.3, -0.25) is 9.32 Å². The molecule has 1 atom stereocenters. The second-order valence-corrected chi connectivity index (χ2v) is 3.44. The summed E-state index contributed by atoms with van der Waals surface area (Å²) >= 11 is 0. The third-order valence-corrected chi connectivity index (χ3v) is 1.45. The highest BCUT2D eigenvalue weighted by atomic mass is 31.2. The Hall–Kier alpha value is -0.460. The monoisotopic (exact) mass is 214 g/mol.